The van der Waals surface area contributed by atoms with Gasteiger partial charge in [-0.3, -0.25) is 0 Å². The number of hydrogen-bond acceptors (Lipinski definition) is 5. The van der Waals surface area contributed by atoms with E-state index in [1.165, 1.54) is 0 Å². The number of nitrogens with two attached hydrogens (primary N) is 1. The van der Waals surface area contributed by atoms with E-state index in [4.69, 9.17) is 26.2 Å². The van der Waals surface area contributed by atoms with Gasteiger partial charge in [0.2, 0.25) is 0 Å². The Morgan fingerprint density at radius 1 is 1.15 bits per heavy atom. The molecule has 0 aromatic carbocycles. The van der Waals surface area contributed by atoms with Gasteiger partial charge in [-0.2, -0.15) is 0 Å². The Hall–Kier alpha value is -1.18. The van der Waals surface area contributed by atoms with Crippen LogP contribution in [0.2, 0.25) is 0 Å². The van der Waals surface area contributed by atoms with Gasteiger partial charge in [0.1, 0.15) is 0 Å². The summed E-state index contributed by atoms with van der Waals surface area (Å²) in [4.78, 5) is 19.5. The van der Waals surface area contributed by atoms with Crippen molar-refractivity contribution in [2.24, 2.45) is 5.73 Å². The van der Waals surface area contributed by atoms with Crippen molar-refractivity contribution in [1.29, 1.82) is 0 Å². The molecule has 78 valence electrons. The maximum Gasteiger partial charge on any atom is 0.335 e. The van der Waals surface area contributed by atoms with E-state index in [2.05, 4.69) is 0 Å². The van der Waals surface area contributed by atoms with Crippen LogP contribution in [-0.4, -0.2) is 51.1 Å². The first-order valence-corrected chi connectivity index (χ1v) is 3.40. The summed E-state index contributed by atoms with van der Waals surface area (Å²) in [5, 5.41) is 32.5. The molecule has 0 radical (unpaired) electrons. The molecule has 0 aliphatic heterocycles. The molecule has 7 nitrogen and oxygen atoms in total. The molecule has 2 atom stereocenters. The number of hydrogen-bond donors (Lipinski definition) is 5. The van der Waals surface area contributed by atoms with Crippen LogP contribution in [0.5, 0.6) is 0 Å². The monoisotopic (exact) mass is 195 g/mol. The normalized spacial score (nSPS) is 13.5. The van der Waals surface area contributed by atoms with Gasteiger partial charge in [-0.1, -0.05) is 6.92 Å². The van der Waals surface area contributed by atoms with E-state index in [9.17, 15) is 9.59 Å². The minimum Gasteiger partial charge on any atom is -0.479 e. The Morgan fingerprint density at radius 2 is 1.31 bits per heavy atom. The zero-order valence-electron chi connectivity index (χ0n) is 7.04. The van der Waals surface area contributed by atoms with Crippen molar-refractivity contribution >= 4 is 11.9 Å². The fourth-order valence-corrected chi connectivity index (χ4v) is 0.270. The highest BCUT2D eigenvalue weighted by Gasteiger charge is 2.29. The molecule has 13 heavy (non-hydrogen) atoms. The summed E-state index contributed by atoms with van der Waals surface area (Å²) < 4.78 is 0. The minimum atomic E-state index is -2.27. The Bertz CT molecular complexity index is 153. The molecule has 2 unspecified atom stereocenters. The third-order valence-electron chi connectivity index (χ3n) is 0.805. The summed E-state index contributed by atoms with van der Waals surface area (Å²) in [5.74, 6) is -3.54. The predicted molar refractivity (Wildman–Crippen MR) is 42.0 cm³/mol. The summed E-state index contributed by atoms with van der Waals surface area (Å²) >= 11 is 0. The van der Waals surface area contributed by atoms with Crippen LogP contribution in [0, 0.1) is 0 Å². The van der Waals surface area contributed by atoms with Crippen LogP contribution < -0.4 is 5.73 Å². The highest BCUT2D eigenvalue weighted by atomic mass is 16.4. The molecule has 0 fully saturated rings. The summed E-state index contributed by atoms with van der Waals surface area (Å²) in [5.41, 5.74) is 4.85. The minimum absolute atomic E-state index is 0.750. The van der Waals surface area contributed by atoms with Crippen LogP contribution >= 0.6 is 0 Å². The number of rotatable bonds is 3. The van der Waals surface area contributed by atoms with Crippen molar-refractivity contribution in [2.75, 3.05) is 6.54 Å². The summed E-state index contributed by atoms with van der Waals surface area (Å²) in [6.07, 6.45) is -4.53. The quantitative estimate of drug-likeness (QED) is 0.345. The molecule has 0 amide bonds. The third-order valence-corrected chi connectivity index (χ3v) is 0.805. The smallest absolute Gasteiger partial charge is 0.335 e. The Labute approximate surface area is 74.4 Å². The van der Waals surface area contributed by atoms with Crippen LogP contribution in [-0.2, 0) is 9.59 Å². The van der Waals surface area contributed by atoms with Crippen LogP contribution in [0.15, 0.2) is 0 Å². The van der Waals surface area contributed by atoms with Gasteiger partial charge in [0.05, 0.1) is 0 Å². The lowest BCUT2D eigenvalue weighted by atomic mass is 10.2. The van der Waals surface area contributed by atoms with E-state index in [0.29, 0.717) is 0 Å². The highest BCUT2D eigenvalue weighted by molar-refractivity contribution is 5.82. The van der Waals surface area contributed by atoms with E-state index >= 15 is 0 Å². The molecule has 7 heteroatoms. The molecule has 0 saturated carbocycles. The second kappa shape index (κ2) is 7.47. The van der Waals surface area contributed by atoms with Gasteiger partial charge in [0.15, 0.2) is 12.2 Å². The number of aliphatic hydroxyl groups excluding tert-OH is 2. The molecule has 0 aromatic heterocycles. The molecule has 0 aromatic rings. The largest absolute Gasteiger partial charge is 0.479 e. The number of carbonyl (C=O) groups is 2. The topological polar surface area (TPSA) is 141 Å². The van der Waals surface area contributed by atoms with Crippen LogP contribution in [0.25, 0.3) is 0 Å². The van der Waals surface area contributed by atoms with Crippen molar-refractivity contribution in [3.8, 4) is 0 Å². The second-order valence-corrected chi connectivity index (χ2v) is 1.97. The van der Waals surface area contributed by atoms with Gasteiger partial charge < -0.3 is 26.2 Å². The molecule has 0 bridgehead atoms. The van der Waals surface area contributed by atoms with Crippen LogP contribution in [0.1, 0.15) is 6.92 Å². The first-order chi connectivity index (χ1) is 5.88. The standard InChI is InChI=1S/C4H6O6.C2H7N/c5-1(3(7)8)2(6)4(9)10;1-2-3/h1-2,5-6H,(H,7,8)(H,9,10);2-3H2,1H3. The predicted octanol–water partition coefficient (Wildman–Crippen LogP) is -2.16. The van der Waals surface area contributed by atoms with Crippen LogP contribution in [0.4, 0.5) is 0 Å². The molecule has 0 aliphatic rings. The molecule has 0 saturated heterocycles. The van der Waals surface area contributed by atoms with Crippen molar-refractivity contribution < 1.29 is 30.0 Å². The number of aliphatic carboxylic acids is 2. The molecule has 0 rings (SSSR count). The van der Waals surface area contributed by atoms with Crippen molar-refractivity contribution in [3.05, 3.63) is 0 Å². The van der Waals surface area contributed by atoms with E-state index in [1.807, 2.05) is 6.92 Å². The van der Waals surface area contributed by atoms with Gasteiger partial charge in [-0.05, 0) is 6.54 Å². The van der Waals surface area contributed by atoms with E-state index in [-0.39, 0.29) is 0 Å². The first-order valence-electron chi connectivity index (χ1n) is 3.40. The fraction of sp³-hybridized carbons (Fsp3) is 0.667. The van der Waals surface area contributed by atoms with Gasteiger partial charge in [-0.15, -0.1) is 0 Å². The average Bonchev–Trinajstić information content (AvgIpc) is 2.03. The number of carboxylic acid groups (broad SMARTS) is 2. The molecule has 0 heterocycles. The number of carboxylic acids is 2. The summed E-state index contributed by atoms with van der Waals surface area (Å²) in [6, 6.07) is 0. The zero-order chi connectivity index (χ0) is 11.0. The van der Waals surface area contributed by atoms with Crippen molar-refractivity contribution in [3.63, 3.8) is 0 Å². The lowest BCUT2D eigenvalue weighted by Crippen LogP contribution is -2.39. The van der Waals surface area contributed by atoms with Gasteiger partial charge in [0, 0.05) is 0 Å². The van der Waals surface area contributed by atoms with Crippen molar-refractivity contribution in [2.45, 2.75) is 19.1 Å². The maximum atomic E-state index is 9.77. The average molecular weight is 195 g/mol. The summed E-state index contributed by atoms with van der Waals surface area (Å²) in [6.45, 7) is 2.65. The van der Waals surface area contributed by atoms with E-state index < -0.39 is 24.1 Å². The highest BCUT2D eigenvalue weighted by Crippen LogP contribution is 1.92. The molecule has 0 spiro atoms. The number of aliphatic hydroxyl groups is 2. The van der Waals surface area contributed by atoms with Crippen LogP contribution in [0.3, 0.4) is 0 Å². The van der Waals surface area contributed by atoms with Gasteiger partial charge in [-0.25, -0.2) is 9.59 Å². The summed E-state index contributed by atoms with van der Waals surface area (Å²) in [7, 11) is 0. The SMILES string of the molecule is CCN.O=C(O)C(O)C(O)C(=O)O. The van der Waals surface area contributed by atoms with E-state index in [1.54, 1.807) is 0 Å². The lowest BCUT2D eigenvalue weighted by Gasteiger charge is -2.07. The third kappa shape index (κ3) is 7.19. The Balaban J connectivity index is 0. The Morgan fingerprint density at radius 3 is 1.38 bits per heavy atom. The van der Waals surface area contributed by atoms with Gasteiger partial charge in [0.25, 0.3) is 0 Å². The lowest BCUT2D eigenvalue weighted by molar-refractivity contribution is -0.165. The second-order valence-electron chi connectivity index (χ2n) is 1.97. The molecular weight excluding hydrogens is 182 g/mol. The van der Waals surface area contributed by atoms with E-state index in [0.717, 1.165) is 6.54 Å². The molecule has 6 N–H and O–H groups in total. The Kier molecular flexibility index (Phi) is 8.24. The molecular formula is C6H13NO6. The zero-order valence-corrected chi connectivity index (χ0v) is 7.04. The van der Waals surface area contributed by atoms with Crippen molar-refractivity contribution in [1.82, 2.24) is 0 Å². The maximum absolute atomic E-state index is 9.77. The van der Waals surface area contributed by atoms with Gasteiger partial charge >= 0.3 is 11.9 Å². The first kappa shape index (κ1) is 14.3. The fourth-order valence-electron chi connectivity index (χ4n) is 0.270. The molecule has 0 aliphatic carbocycles.